The van der Waals surface area contributed by atoms with Gasteiger partial charge in [0.1, 0.15) is 12.1 Å². The summed E-state index contributed by atoms with van der Waals surface area (Å²) in [5, 5.41) is 9.66. The van der Waals surface area contributed by atoms with Gasteiger partial charge in [0, 0.05) is 20.2 Å². The van der Waals surface area contributed by atoms with E-state index in [0.717, 1.165) is 16.6 Å². The molecule has 2 N–H and O–H groups in total. The highest BCUT2D eigenvalue weighted by atomic mass is 32.2. The third-order valence-electron chi connectivity index (χ3n) is 5.13. The van der Waals surface area contributed by atoms with E-state index in [-0.39, 0.29) is 42.6 Å². The zero-order chi connectivity index (χ0) is 25.0. The molecule has 14 heteroatoms. The van der Waals surface area contributed by atoms with Crippen molar-refractivity contribution >= 4 is 33.9 Å². The average Bonchev–Trinajstić information content (AvgIpc) is 3.10. The lowest BCUT2D eigenvalue weighted by atomic mass is 10.1. The van der Waals surface area contributed by atoms with E-state index in [1.165, 1.54) is 27.0 Å². The SMILES string of the molecule is COC[C@H]1CCN(S(=O)(=O)NC(=O)c2coc(N(C(=O)O)c3cc(C)c(F)cc3C)n2)CCO1. The van der Waals surface area contributed by atoms with E-state index in [0.29, 0.717) is 17.9 Å². The number of anilines is 2. The lowest BCUT2D eigenvalue weighted by molar-refractivity contribution is 0.00560. The molecule has 3 rings (SSSR count). The molecule has 1 atom stereocenters. The highest BCUT2D eigenvalue weighted by Crippen LogP contribution is 2.30. The van der Waals surface area contributed by atoms with Crippen LogP contribution in [0.2, 0.25) is 0 Å². The van der Waals surface area contributed by atoms with Crippen molar-refractivity contribution < 1.29 is 41.4 Å². The lowest BCUT2D eigenvalue weighted by Crippen LogP contribution is -2.44. The van der Waals surface area contributed by atoms with Crippen molar-refractivity contribution in [2.45, 2.75) is 26.4 Å². The molecule has 34 heavy (non-hydrogen) atoms. The maximum Gasteiger partial charge on any atom is 0.420 e. The molecule has 1 aliphatic heterocycles. The third kappa shape index (κ3) is 5.70. The number of nitrogens with one attached hydrogen (secondary N) is 1. The van der Waals surface area contributed by atoms with Gasteiger partial charge < -0.3 is 19.0 Å². The topological polar surface area (TPSA) is 152 Å². The number of amides is 2. The Morgan fingerprint density at radius 3 is 2.74 bits per heavy atom. The maximum atomic E-state index is 13.8. The van der Waals surface area contributed by atoms with Crippen LogP contribution in [0.15, 0.2) is 22.8 Å². The van der Waals surface area contributed by atoms with Gasteiger partial charge in [-0.25, -0.2) is 13.9 Å². The van der Waals surface area contributed by atoms with Crippen LogP contribution in [0.4, 0.5) is 20.9 Å². The molecule has 1 saturated heterocycles. The van der Waals surface area contributed by atoms with Crippen LogP contribution < -0.4 is 9.62 Å². The molecule has 2 amide bonds. The van der Waals surface area contributed by atoms with Gasteiger partial charge in [-0.3, -0.25) is 4.79 Å². The van der Waals surface area contributed by atoms with Crippen molar-refractivity contribution in [2.24, 2.45) is 0 Å². The zero-order valence-corrected chi connectivity index (χ0v) is 19.6. The van der Waals surface area contributed by atoms with Gasteiger partial charge >= 0.3 is 22.3 Å². The second kappa shape index (κ2) is 10.5. The van der Waals surface area contributed by atoms with Crippen molar-refractivity contribution in [1.82, 2.24) is 14.0 Å². The predicted octanol–water partition coefficient (Wildman–Crippen LogP) is 1.96. The summed E-state index contributed by atoms with van der Waals surface area (Å²) in [5.41, 5.74) is 0.0942. The second-order valence-corrected chi connectivity index (χ2v) is 9.26. The van der Waals surface area contributed by atoms with E-state index in [1.807, 2.05) is 4.72 Å². The minimum Gasteiger partial charge on any atom is -0.464 e. The summed E-state index contributed by atoms with van der Waals surface area (Å²) in [6.45, 7) is 3.54. The summed E-state index contributed by atoms with van der Waals surface area (Å²) in [7, 11) is -2.72. The standard InChI is InChI=1S/C20H25FN4O8S/c1-12-9-17(13(2)8-15(12)21)25(20(27)28)19-22-16(11-33-19)18(26)23-34(29,30)24-5-4-14(10-31-3)32-7-6-24/h8-9,11,14H,4-7,10H2,1-3H3,(H,23,26)(H,27,28)/t14-/m1/s1. The largest absolute Gasteiger partial charge is 0.464 e. The van der Waals surface area contributed by atoms with Gasteiger partial charge in [-0.2, -0.15) is 22.6 Å². The minimum atomic E-state index is -4.23. The van der Waals surface area contributed by atoms with Gasteiger partial charge in [-0.05, 0) is 43.5 Å². The Balaban J connectivity index is 1.78. The van der Waals surface area contributed by atoms with Crippen LogP contribution in [0, 0.1) is 19.7 Å². The average molecular weight is 501 g/mol. The fourth-order valence-corrected chi connectivity index (χ4v) is 4.49. The first-order valence-corrected chi connectivity index (χ1v) is 11.7. The minimum absolute atomic E-state index is 0.0306. The first kappa shape index (κ1) is 25.6. The molecule has 0 radical (unpaired) electrons. The van der Waals surface area contributed by atoms with Gasteiger partial charge in [0.25, 0.3) is 5.91 Å². The maximum absolute atomic E-state index is 13.8. The van der Waals surface area contributed by atoms with Gasteiger partial charge in [-0.1, -0.05) is 0 Å². The molecule has 2 heterocycles. The number of nitrogens with zero attached hydrogens (tertiary/aromatic N) is 3. The van der Waals surface area contributed by atoms with Gasteiger partial charge in [0.2, 0.25) is 0 Å². The van der Waals surface area contributed by atoms with Crippen molar-refractivity contribution in [3.63, 3.8) is 0 Å². The number of oxazole rings is 1. The molecule has 1 aliphatic rings. The molecule has 0 saturated carbocycles. The predicted molar refractivity (Wildman–Crippen MR) is 117 cm³/mol. The number of carboxylic acid groups (broad SMARTS) is 1. The normalized spacial score (nSPS) is 17.2. The van der Waals surface area contributed by atoms with Gasteiger partial charge in [0.05, 0.1) is 25.0 Å². The Bertz CT molecular complexity index is 1170. The molecule has 1 fully saturated rings. The summed E-state index contributed by atoms with van der Waals surface area (Å²) >= 11 is 0. The van der Waals surface area contributed by atoms with Gasteiger partial charge in [0.15, 0.2) is 5.69 Å². The highest BCUT2D eigenvalue weighted by Gasteiger charge is 2.31. The molecule has 1 aromatic carbocycles. The smallest absolute Gasteiger partial charge is 0.420 e. The summed E-state index contributed by atoms with van der Waals surface area (Å²) in [6, 6.07) is 1.95. The number of aromatic nitrogens is 1. The number of methoxy groups -OCH3 is 1. The Hall–Kier alpha value is -3.07. The molecular formula is C20H25FN4O8S. The first-order chi connectivity index (χ1) is 16.0. The molecule has 2 aromatic rings. The Kier molecular flexibility index (Phi) is 7.86. The van der Waals surface area contributed by atoms with Crippen molar-refractivity contribution in [3.8, 4) is 0 Å². The fraction of sp³-hybridized carbons (Fsp3) is 0.450. The van der Waals surface area contributed by atoms with Crippen molar-refractivity contribution in [3.05, 3.63) is 41.0 Å². The molecular weight excluding hydrogens is 475 g/mol. The third-order valence-corrected chi connectivity index (χ3v) is 6.62. The number of halogens is 1. The number of aryl methyl sites for hydroxylation is 2. The Morgan fingerprint density at radius 2 is 2.06 bits per heavy atom. The van der Waals surface area contributed by atoms with Crippen molar-refractivity contribution in [1.29, 1.82) is 0 Å². The van der Waals surface area contributed by atoms with Crippen LogP contribution in [0.25, 0.3) is 0 Å². The number of hydrogen-bond acceptors (Lipinski definition) is 8. The molecule has 0 spiro atoms. The first-order valence-electron chi connectivity index (χ1n) is 10.2. The summed E-state index contributed by atoms with van der Waals surface area (Å²) in [4.78, 5) is 28.9. The van der Waals surface area contributed by atoms with E-state index in [4.69, 9.17) is 13.9 Å². The molecule has 12 nitrogen and oxygen atoms in total. The zero-order valence-electron chi connectivity index (χ0n) is 18.8. The van der Waals surface area contributed by atoms with E-state index in [9.17, 15) is 27.5 Å². The van der Waals surface area contributed by atoms with E-state index in [2.05, 4.69) is 4.98 Å². The molecule has 0 aliphatic carbocycles. The van der Waals surface area contributed by atoms with Crippen LogP contribution >= 0.6 is 0 Å². The van der Waals surface area contributed by atoms with Crippen LogP contribution in [0.3, 0.4) is 0 Å². The number of rotatable bonds is 7. The Labute approximate surface area is 195 Å². The molecule has 186 valence electrons. The van der Waals surface area contributed by atoms with Crippen LogP contribution in [-0.4, -0.2) is 74.3 Å². The number of carbonyl (C=O) groups is 2. The monoisotopic (exact) mass is 500 g/mol. The molecule has 0 unspecified atom stereocenters. The van der Waals surface area contributed by atoms with E-state index >= 15 is 0 Å². The molecule has 1 aromatic heterocycles. The summed E-state index contributed by atoms with van der Waals surface area (Å²) < 4.78 is 57.8. The van der Waals surface area contributed by atoms with E-state index < -0.39 is 39.7 Å². The second-order valence-electron chi connectivity index (χ2n) is 7.59. The fourth-order valence-electron chi connectivity index (χ4n) is 3.36. The van der Waals surface area contributed by atoms with E-state index in [1.54, 1.807) is 0 Å². The van der Waals surface area contributed by atoms with Crippen LogP contribution in [0.1, 0.15) is 28.0 Å². The lowest BCUT2D eigenvalue weighted by Gasteiger charge is -2.19. The number of ether oxygens (including phenoxy) is 2. The quantitative estimate of drug-likeness (QED) is 0.581. The number of hydrogen-bond donors (Lipinski definition) is 2. The van der Waals surface area contributed by atoms with Gasteiger partial charge in [-0.15, -0.1) is 0 Å². The van der Waals surface area contributed by atoms with Crippen LogP contribution in [0.5, 0.6) is 0 Å². The Morgan fingerprint density at radius 1 is 1.32 bits per heavy atom. The summed E-state index contributed by atoms with van der Waals surface area (Å²) in [5.74, 6) is -1.62. The van der Waals surface area contributed by atoms with Crippen LogP contribution in [-0.2, 0) is 19.7 Å². The number of benzene rings is 1. The summed E-state index contributed by atoms with van der Waals surface area (Å²) in [6.07, 6.45) is -0.548. The molecule has 0 bridgehead atoms. The van der Waals surface area contributed by atoms with Crippen molar-refractivity contribution in [2.75, 3.05) is 38.3 Å². The number of carbonyl (C=O) groups excluding carboxylic acids is 1. The highest BCUT2D eigenvalue weighted by molar-refractivity contribution is 7.87.